The van der Waals surface area contributed by atoms with E-state index in [0.717, 1.165) is 0 Å². The van der Waals surface area contributed by atoms with E-state index in [9.17, 15) is 26.7 Å². The summed E-state index contributed by atoms with van der Waals surface area (Å²) in [7, 11) is 0. The van der Waals surface area contributed by atoms with Crippen molar-refractivity contribution in [3.05, 3.63) is 71.3 Å². The summed E-state index contributed by atoms with van der Waals surface area (Å²) in [5.74, 6) is -1.03. The zero-order valence-corrected chi connectivity index (χ0v) is 16.2. The second kappa shape index (κ2) is 9.55. The van der Waals surface area contributed by atoms with Gasteiger partial charge in [0.25, 0.3) is 0 Å². The van der Waals surface area contributed by atoms with E-state index in [2.05, 4.69) is 0 Å². The average Bonchev–Trinajstić information content (AvgIpc) is 3.11. The molecule has 30 heavy (non-hydrogen) atoms. The van der Waals surface area contributed by atoms with Gasteiger partial charge in [0.05, 0.1) is 6.04 Å². The van der Waals surface area contributed by atoms with Crippen LogP contribution in [0, 0.1) is 11.6 Å². The predicted octanol–water partition coefficient (Wildman–Crippen LogP) is 5.73. The smallest absolute Gasteiger partial charge is 0.371 e. The van der Waals surface area contributed by atoms with Gasteiger partial charge < -0.3 is 9.64 Å². The van der Waals surface area contributed by atoms with Crippen molar-refractivity contribution in [2.75, 3.05) is 13.2 Å². The molecule has 1 aliphatic heterocycles. The van der Waals surface area contributed by atoms with Gasteiger partial charge >= 0.3 is 6.18 Å². The zero-order chi connectivity index (χ0) is 21.7. The lowest BCUT2D eigenvalue weighted by molar-refractivity contribution is -0.141. The fourth-order valence-electron chi connectivity index (χ4n) is 3.65. The number of nitrogens with zero attached hydrogens (tertiary/aromatic N) is 1. The molecule has 0 aliphatic carbocycles. The van der Waals surface area contributed by atoms with Crippen LogP contribution in [0.1, 0.15) is 49.0 Å². The second-order valence-corrected chi connectivity index (χ2v) is 7.25. The molecule has 3 nitrogen and oxygen atoms in total. The Balaban J connectivity index is 1.93. The third-order valence-electron chi connectivity index (χ3n) is 5.04. The van der Waals surface area contributed by atoms with Crippen LogP contribution in [0.15, 0.2) is 48.5 Å². The number of alkyl halides is 3. The maximum Gasteiger partial charge on any atom is 0.389 e. The Bertz CT molecular complexity index is 836. The number of hydrogen-bond acceptors (Lipinski definition) is 2. The van der Waals surface area contributed by atoms with Crippen molar-refractivity contribution in [3.8, 4) is 0 Å². The summed E-state index contributed by atoms with van der Waals surface area (Å²) in [6, 6.07) is 10.3. The number of ether oxygens (including phenoxy) is 1. The highest BCUT2D eigenvalue weighted by atomic mass is 19.4. The molecule has 0 saturated carbocycles. The highest BCUT2D eigenvalue weighted by Gasteiger charge is 2.36. The van der Waals surface area contributed by atoms with E-state index in [1.54, 1.807) is 4.90 Å². The number of rotatable bonds is 8. The highest BCUT2D eigenvalue weighted by molar-refractivity contribution is 5.78. The molecule has 0 N–H and O–H groups in total. The van der Waals surface area contributed by atoms with E-state index in [1.807, 2.05) is 0 Å². The quantitative estimate of drug-likeness (QED) is 0.398. The summed E-state index contributed by atoms with van der Waals surface area (Å²) < 4.78 is 70.3. The standard InChI is InChI=1S/C22H22F5NO2/c23-17-8-4-15(5-9-17)20(28-13-1-3-19(28)29)21(16-6-10-18(24)11-7-16)30-14-2-12-22(25,26)27/h4-11,20-21H,1-3,12-14H2. The van der Waals surface area contributed by atoms with Crippen LogP contribution < -0.4 is 0 Å². The summed E-state index contributed by atoms with van der Waals surface area (Å²) in [5, 5.41) is 0. The first-order valence-corrected chi connectivity index (χ1v) is 9.73. The number of benzene rings is 2. The third-order valence-corrected chi connectivity index (χ3v) is 5.04. The van der Waals surface area contributed by atoms with Crippen molar-refractivity contribution in [1.82, 2.24) is 4.90 Å². The van der Waals surface area contributed by atoms with Crippen LogP contribution >= 0.6 is 0 Å². The molecule has 0 radical (unpaired) electrons. The van der Waals surface area contributed by atoms with Crippen LogP contribution in [0.2, 0.25) is 0 Å². The van der Waals surface area contributed by atoms with Gasteiger partial charge in [-0.3, -0.25) is 4.79 Å². The number of likely N-dealkylation sites (tertiary alicyclic amines) is 1. The van der Waals surface area contributed by atoms with Gasteiger partial charge in [0.2, 0.25) is 5.91 Å². The Kier molecular flexibility index (Phi) is 7.07. The number of halogens is 5. The lowest BCUT2D eigenvalue weighted by atomic mass is 9.94. The number of hydrogen-bond donors (Lipinski definition) is 0. The summed E-state index contributed by atoms with van der Waals surface area (Å²) in [4.78, 5) is 14.1. The maximum atomic E-state index is 13.5. The SMILES string of the molecule is O=C1CCCN1C(c1ccc(F)cc1)C(OCCCC(F)(F)F)c1ccc(F)cc1. The van der Waals surface area contributed by atoms with E-state index < -0.39 is 36.4 Å². The average molecular weight is 427 g/mol. The van der Waals surface area contributed by atoms with Crippen molar-refractivity contribution in [1.29, 1.82) is 0 Å². The minimum absolute atomic E-state index is 0.115. The molecular weight excluding hydrogens is 405 g/mol. The molecule has 3 rings (SSSR count). The normalized spacial score (nSPS) is 16.7. The first kappa shape index (κ1) is 22.2. The Morgan fingerprint density at radius 2 is 1.50 bits per heavy atom. The van der Waals surface area contributed by atoms with Gasteiger partial charge in [0.15, 0.2) is 0 Å². The predicted molar refractivity (Wildman–Crippen MR) is 100 cm³/mol. The Hall–Kier alpha value is -2.48. The van der Waals surface area contributed by atoms with Crippen LogP contribution in [0.25, 0.3) is 0 Å². The first-order chi connectivity index (χ1) is 14.2. The van der Waals surface area contributed by atoms with Crippen molar-refractivity contribution in [2.24, 2.45) is 0 Å². The lowest BCUT2D eigenvalue weighted by Gasteiger charge is -2.35. The van der Waals surface area contributed by atoms with Gasteiger partial charge in [-0.2, -0.15) is 13.2 Å². The van der Waals surface area contributed by atoms with Crippen molar-refractivity contribution >= 4 is 5.91 Å². The molecule has 2 atom stereocenters. The Morgan fingerprint density at radius 3 is 2.00 bits per heavy atom. The molecule has 2 aromatic carbocycles. The van der Waals surface area contributed by atoms with Gasteiger partial charge in [0.1, 0.15) is 17.7 Å². The molecule has 1 amide bonds. The maximum absolute atomic E-state index is 13.5. The molecule has 2 unspecified atom stereocenters. The third kappa shape index (κ3) is 5.78. The van der Waals surface area contributed by atoms with Crippen LogP contribution in [-0.4, -0.2) is 30.1 Å². The first-order valence-electron chi connectivity index (χ1n) is 9.73. The van der Waals surface area contributed by atoms with Gasteiger partial charge in [0, 0.05) is 26.0 Å². The van der Waals surface area contributed by atoms with E-state index in [-0.39, 0.29) is 18.9 Å². The van der Waals surface area contributed by atoms with Crippen molar-refractivity contribution in [2.45, 2.75) is 44.0 Å². The molecule has 2 aromatic rings. The fourth-order valence-corrected chi connectivity index (χ4v) is 3.65. The summed E-state index contributed by atoms with van der Waals surface area (Å²) in [5.41, 5.74) is 1.12. The number of carbonyl (C=O) groups is 1. The molecule has 0 spiro atoms. The topological polar surface area (TPSA) is 29.5 Å². The molecule has 162 valence electrons. The molecule has 8 heteroatoms. The van der Waals surface area contributed by atoms with Crippen LogP contribution in [0.3, 0.4) is 0 Å². The van der Waals surface area contributed by atoms with E-state index in [4.69, 9.17) is 4.74 Å². The fraction of sp³-hybridized carbons (Fsp3) is 0.409. The van der Waals surface area contributed by atoms with E-state index >= 15 is 0 Å². The molecular formula is C22H22F5NO2. The molecule has 1 saturated heterocycles. The molecule has 1 heterocycles. The van der Waals surface area contributed by atoms with Gasteiger partial charge in [-0.05, 0) is 48.2 Å². The Labute approximate surface area is 171 Å². The van der Waals surface area contributed by atoms with Crippen LogP contribution in [-0.2, 0) is 9.53 Å². The van der Waals surface area contributed by atoms with Crippen molar-refractivity contribution in [3.63, 3.8) is 0 Å². The molecule has 0 bridgehead atoms. The largest absolute Gasteiger partial charge is 0.389 e. The van der Waals surface area contributed by atoms with Crippen molar-refractivity contribution < 1.29 is 31.5 Å². The van der Waals surface area contributed by atoms with Gasteiger partial charge in [-0.25, -0.2) is 8.78 Å². The number of amides is 1. The Morgan fingerprint density at radius 1 is 0.933 bits per heavy atom. The summed E-state index contributed by atoms with van der Waals surface area (Å²) in [6.07, 6.45) is -5.37. The zero-order valence-electron chi connectivity index (χ0n) is 16.2. The summed E-state index contributed by atoms with van der Waals surface area (Å²) in [6.45, 7) is 0.256. The highest BCUT2D eigenvalue weighted by Crippen LogP contribution is 2.39. The molecule has 0 aromatic heterocycles. The van der Waals surface area contributed by atoms with Crippen LogP contribution in [0.4, 0.5) is 22.0 Å². The lowest BCUT2D eigenvalue weighted by Crippen LogP contribution is -2.35. The van der Waals surface area contributed by atoms with Gasteiger partial charge in [-0.15, -0.1) is 0 Å². The monoisotopic (exact) mass is 427 g/mol. The molecule has 1 aliphatic rings. The minimum atomic E-state index is -4.30. The van der Waals surface area contributed by atoms with E-state index in [0.29, 0.717) is 30.5 Å². The van der Waals surface area contributed by atoms with E-state index in [1.165, 1.54) is 48.5 Å². The minimum Gasteiger partial charge on any atom is -0.371 e. The number of carbonyl (C=O) groups excluding carboxylic acids is 1. The molecule has 1 fully saturated rings. The van der Waals surface area contributed by atoms with Crippen LogP contribution in [0.5, 0.6) is 0 Å². The van der Waals surface area contributed by atoms with Gasteiger partial charge in [-0.1, -0.05) is 24.3 Å². The second-order valence-electron chi connectivity index (χ2n) is 7.25. The summed E-state index contributed by atoms with van der Waals surface area (Å²) >= 11 is 0.